The third-order valence-corrected chi connectivity index (χ3v) is 5.80. The predicted molar refractivity (Wildman–Crippen MR) is 102 cm³/mol. The van der Waals surface area contributed by atoms with E-state index in [2.05, 4.69) is 28.9 Å². The molecular weight excluding hydrogens is 329 g/mol. The average Bonchev–Trinajstić information content (AvgIpc) is 2.70. The van der Waals surface area contributed by atoms with E-state index in [4.69, 9.17) is 4.98 Å². The van der Waals surface area contributed by atoms with Crippen molar-refractivity contribution in [3.63, 3.8) is 0 Å². The lowest BCUT2D eigenvalue weighted by atomic mass is 9.42. The van der Waals surface area contributed by atoms with Crippen molar-refractivity contribution in [3.05, 3.63) is 23.4 Å². The number of rotatable bonds is 4. The number of anilines is 1. The first kappa shape index (κ1) is 17.5. The van der Waals surface area contributed by atoms with E-state index in [0.29, 0.717) is 31.5 Å². The van der Waals surface area contributed by atoms with Gasteiger partial charge in [-0.05, 0) is 61.6 Å². The van der Waals surface area contributed by atoms with E-state index in [1.54, 1.807) is 0 Å². The van der Waals surface area contributed by atoms with Crippen LogP contribution >= 0.6 is 0 Å². The number of amides is 1. The minimum atomic E-state index is -0.866. The maximum atomic E-state index is 13.9. The van der Waals surface area contributed by atoms with Crippen molar-refractivity contribution in [2.24, 2.45) is 10.8 Å². The number of hydrogen-bond acceptors (Lipinski definition) is 2. The zero-order valence-electron chi connectivity index (χ0n) is 16.4. The molecule has 0 saturated heterocycles. The number of aryl methyl sites for hydroxylation is 2. The Labute approximate surface area is 154 Å². The average molecular weight is 357 g/mol. The van der Waals surface area contributed by atoms with Gasteiger partial charge in [0.05, 0.1) is 11.0 Å². The zero-order chi connectivity index (χ0) is 18.9. The highest BCUT2D eigenvalue weighted by Crippen LogP contribution is 2.70. The second-order valence-corrected chi connectivity index (χ2v) is 9.90. The van der Waals surface area contributed by atoms with E-state index in [1.165, 1.54) is 0 Å². The van der Waals surface area contributed by atoms with Gasteiger partial charge in [-0.15, -0.1) is 0 Å². The summed E-state index contributed by atoms with van der Waals surface area (Å²) >= 11 is 0. The Morgan fingerprint density at radius 1 is 1.27 bits per heavy atom. The highest BCUT2D eigenvalue weighted by Gasteiger charge is 2.68. The van der Waals surface area contributed by atoms with E-state index in [0.717, 1.165) is 28.8 Å². The highest BCUT2D eigenvalue weighted by atomic mass is 19.1. The van der Waals surface area contributed by atoms with Crippen molar-refractivity contribution in [1.82, 2.24) is 9.55 Å². The summed E-state index contributed by atoms with van der Waals surface area (Å²) < 4.78 is 16.1. The van der Waals surface area contributed by atoms with Gasteiger partial charge < -0.3 is 9.88 Å². The Hall–Kier alpha value is -1.91. The molecule has 3 fully saturated rings. The molecule has 0 radical (unpaired) electrons. The van der Waals surface area contributed by atoms with E-state index in [-0.39, 0.29) is 16.7 Å². The largest absolute Gasteiger partial charge is 0.343 e. The highest BCUT2D eigenvalue weighted by molar-refractivity contribution is 5.92. The molecule has 0 atom stereocenters. The molecule has 1 amide bonds. The van der Waals surface area contributed by atoms with Crippen LogP contribution in [0.2, 0.25) is 0 Å². The minimum absolute atomic E-state index is 0.00860. The molecule has 2 bridgehead atoms. The molecular formula is C21H28FN3O. The van der Waals surface area contributed by atoms with Crippen LogP contribution in [0.25, 0.3) is 11.0 Å². The molecule has 3 saturated carbocycles. The number of alkyl halides is 1. The van der Waals surface area contributed by atoms with E-state index >= 15 is 0 Å². The van der Waals surface area contributed by atoms with Crippen LogP contribution in [0, 0.1) is 24.7 Å². The van der Waals surface area contributed by atoms with Crippen LogP contribution in [0.4, 0.5) is 10.2 Å². The van der Waals surface area contributed by atoms with E-state index < -0.39 is 5.67 Å². The number of nitrogens with zero attached hydrogens (tertiary/aromatic N) is 2. The number of halogens is 1. The molecule has 0 aromatic carbocycles. The SMILES string of the molecule is Cc1cc2c(cc(C)n2CC23CC(F)(C2)C3)nc1NC(=O)CC(C)(C)C. The molecule has 2 heterocycles. The Kier molecular flexibility index (Phi) is 3.57. The predicted octanol–water partition coefficient (Wildman–Crippen LogP) is 4.92. The molecule has 5 heteroatoms. The summed E-state index contributed by atoms with van der Waals surface area (Å²) in [6, 6.07) is 4.16. The number of nitrogens with one attached hydrogen (secondary N) is 1. The fourth-order valence-electron chi connectivity index (χ4n) is 4.76. The molecule has 0 spiro atoms. The van der Waals surface area contributed by atoms with Crippen molar-refractivity contribution in [2.45, 2.75) is 72.5 Å². The van der Waals surface area contributed by atoms with Gasteiger partial charge in [-0.2, -0.15) is 0 Å². The monoisotopic (exact) mass is 357 g/mol. The summed E-state index contributed by atoms with van der Waals surface area (Å²) in [5, 5.41) is 2.96. The number of carbonyl (C=O) groups is 1. The fourth-order valence-corrected chi connectivity index (χ4v) is 4.76. The summed E-state index contributed by atoms with van der Waals surface area (Å²) in [5.74, 6) is 0.628. The summed E-state index contributed by atoms with van der Waals surface area (Å²) in [4.78, 5) is 17.0. The molecule has 26 heavy (non-hydrogen) atoms. The first-order valence-electron chi connectivity index (χ1n) is 9.44. The molecule has 0 aliphatic heterocycles. The van der Waals surface area contributed by atoms with Crippen molar-refractivity contribution in [1.29, 1.82) is 0 Å². The molecule has 2 aromatic heterocycles. The molecule has 0 unspecified atom stereocenters. The minimum Gasteiger partial charge on any atom is -0.343 e. The van der Waals surface area contributed by atoms with Crippen molar-refractivity contribution in [2.75, 3.05) is 5.32 Å². The van der Waals surface area contributed by atoms with Gasteiger partial charge in [0, 0.05) is 18.7 Å². The van der Waals surface area contributed by atoms with Crippen LogP contribution in [-0.2, 0) is 11.3 Å². The van der Waals surface area contributed by atoms with Crippen LogP contribution in [0.1, 0.15) is 57.7 Å². The standard InChI is InChI=1S/C21H28FN3O/c1-13-6-16-15(23-18(13)24-17(26)8-19(3,4)5)7-14(2)25(16)12-20-9-21(22,10-20)11-20/h6-7H,8-12H2,1-5H3,(H,23,24,26). The van der Waals surface area contributed by atoms with Gasteiger partial charge in [-0.1, -0.05) is 20.8 Å². The maximum absolute atomic E-state index is 13.9. The smallest absolute Gasteiger partial charge is 0.226 e. The topological polar surface area (TPSA) is 46.9 Å². The first-order chi connectivity index (χ1) is 12.0. The van der Waals surface area contributed by atoms with Crippen LogP contribution in [0.3, 0.4) is 0 Å². The Balaban J connectivity index is 1.59. The van der Waals surface area contributed by atoms with Gasteiger partial charge in [-0.3, -0.25) is 4.79 Å². The Morgan fingerprint density at radius 2 is 1.92 bits per heavy atom. The van der Waals surface area contributed by atoms with Gasteiger partial charge in [0.1, 0.15) is 11.5 Å². The number of hydrogen-bond donors (Lipinski definition) is 1. The third kappa shape index (κ3) is 2.91. The van der Waals surface area contributed by atoms with Crippen LogP contribution in [0.15, 0.2) is 12.1 Å². The fraction of sp³-hybridized carbons (Fsp3) is 0.619. The lowest BCUT2D eigenvalue weighted by Crippen LogP contribution is -2.65. The van der Waals surface area contributed by atoms with Crippen LogP contribution in [0.5, 0.6) is 0 Å². The Bertz CT molecular complexity index is 886. The lowest BCUT2D eigenvalue weighted by molar-refractivity contribution is -0.219. The zero-order valence-corrected chi connectivity index (χ0v) is 16.4. The number of aromatic nitrogens is 2. The number of fused-ring (bicyclic) bond motifs is 1. The second-order valence-electron chi connectivity index (χ2n) is 9.90. The van der Waals surface area contributed by atoms with Gasteiger partial charge in [0.25, 0.3) is 0 Å². The molecule has 4 nitrogen and oxygen atoms in total. The molecule has 5 rings (SSSR count). The normalized spacial score (nSPS) is 27.2. The summed E-state index contributed by atoms with van der Waals surface area (Å²) in [6.07, 6.45) is 2.56. The van der Waals surface area contributed by atoms with Crippen molar-refractivity contribution >= 4 is 22.8 Å². The molecule has 3 aliphatic rings. The molecule has 140 valence electrons. The number of pyridine rings is 1. The first-order valence-corrected chi connectivity index (χ1v) is 9.44. The van der Waals surface area contributed by atoms with Gasteiger partial charge in [0.2, 0.25) is 5.91 Å². The quantitative estimate of drug-likeness (QED) is 0.844. The molecule has 1 N–H and O–H groups in total. The van der Waals surface area contributed by atoms with Crippen molar-refractivity contribution in [3.8, 4) is 0 Å². The van der Waals surface area contributed by atoms with Crippen LogP contribution in [-0.4, -0.2) is 21.1 Å². The Morgan fingerprint density at radius 3 is 2.50 bits per heavy atom. The lowest BCUT2D eigenvalue weighted by Gasteiger charge is -2.66. The summed E-state index contributed by atoms with van der Waals surface area (Å²) in [6.45, 7) is 11.1. The van der Waals surface area contributed by atoms with E-state index in [9.17, 15) is 9.18 Å². The van der Waals surface area contributed by atoms with E-state index in [1.807, 2.05) is 27.7 Å². The van der Waals surface area contributed by atoms with Crippen LogP contribution < -0.4 is 5.32 Å². The van der Waals surface area contributed by atoms with Gasteiger partial charge >= 0.3 is 0 Å². The molecule has 3 aliphatic carbocycles. The summed E-state index contributed by atoms with van der Waals surface area (Å²) in [7, 11) is 0. The molecule has 2 aromatic rings. The van der Waals surface area contributed by atoms with Gasteiger partial charge in [0.15, 0.2) is 0 Å². The third-order valence-electron chi connectivity index (χ3n) is 5.80. The van der Waals surface area contributed by atoms with Crippen molar-refractivity contribution < 1.29 is 9.18 Å². The van der Waals surface area contributed by atoms with Gasteiger partial charge in [-0.25, -0.2) is 9.37 Å². The maximum Gasteiger partial charge on any atom is 0.226 e. The summed E-state index contributed by atoms with van der Waals surface area (Å²) in [5.41, 5.74) is 3.29. The second kappa shape index (κ2) is 5.30. The number of carbonyl (C=O) groups excluding carboxylic acids is 1.